The van der Waals surface area contributed by atoms with Crippen LogP contribution >= 0.6 is 0 Å². The van der Waals surface area contributed by atoms with Crippen molar-refractivity contribution < 1.29 is 0 Å². The molecular weight excluding hydrogens is 204 g/mol. The number of benzene rings is 1. The maximum atomic E-state index is 3.98. The van der Waals surface area contributed by atoms with Crippen molar-refractivity contribution in [2.45, 2.75) is 6.04 Å². The Labute approximate surface area is 92.7 Å². The zero-order chi connectivity index (χ0) is 10.8. The number of para-hydroxylation sites is 1. The number of nitrogens with one attached hydrogen (secondary N) is 2. The molecule has 1 aromatic heterocycles. The van der Waals surface area contributed by atoms with Gasteiger partial charge in [0.1, 0.15) is 0 Å². The molecule has 16 heavy (non-hydrogen) atoms. The van der Waals surface area contributed by atoms with E-state index in [1.165, 1.54) is 0 Å². The topological polar surface area (TPSA) is 67.7 Å². The van der Waals surface area contributed by atoms with Crippen molar-refractivity contribution in [1.82, 2.24) is 25.5 Å². The number of rotatable bonds is 3. The van der Waals surface area contributed by atoms with Crippen LogP contribution in [0.4, 0.5) is 5.95 Å². The Hall–Kier alpha value is -1.95. The molecule has 3 rings (SSSR count). The largest absolute Gasteiger partial charge is 0.347 e. The molecule has 1 aromatic carbocycles. The lowest BCUT2D eigenvalue weighted by Crippen LogP contribution is -2.51. The van der Waals surface area contributed by atoms with Crippen molar-refractivity contribution in [2.75, 3.05) is 18.4 Å². The maximum Gasteiger partial charge on any atom is 0.248 e. The first-order valence-electron chi connectivity index (χ1n) is 5.24. The summed E-state index contributed by atoms with van der Waals surface area (Å²) in [4.78, 5) is 0. The van der Waals surface area contributed by atoms with Gasteiger partial charge in [-0.15, -0.1) is 0 Å². The van der Waals surface area contributed by atoms with E-state index in [0.29, 0.717) is 12.0 Å². The predicted octanol–water partition coefficient (Wildman–Crippen LogP) is 0.0460. The number of anilines is 1. The quantitative estimate of drug-likeness (QED) is 0.758. The Bertz CT molecular complexity index is 461. The molecule has 6 nitrogen and oxygen atoms in total. The molecule has 1 aliphatic heterocycles. The molecule has 0 saturated carbocycles. The van der Waals surface area contributed by atoms with Crippen LogP contribution in [-0.4, -0.2) is 39.3 Å². The fourth-order valence-corrected chi connectivity index (χ4v) is 1.59. The van der Waals surface area contributed by atoms with Gasteiger partial charge in [-0.2, -0.15) is 4.68 Å². The third-order valence-electron chi connectivity index (χ3n) is 2.58. The van der Waals surface area contributed by atoms with E-state index >= 15 is 0 Å². The van der Waals surface area contributed by atoms with E-state index in [0.717, 1.165) is 18.8 Å². The number of nitrogens with zero attached hydrogens (tertiary/aromatic N) is 4. The molecule has 0 aliphatic carbocycles. The summed E-state index contributed by atoms with van der Waals surface area (Å²) in [6, 6.07) is 10.3. The van der Waals surface area contributed by atoms with Crippen molar-refractivity contribution in [3.8, 4) is 5.69 Å². The molecule has 0 radical (unpaired) electrons. The Kier molecular flexibility index (Phi) is 2.26. The number of aromatic nitrogens is 4. The highest BCUT2D eigenvalue weighted by atomic mass is 15.6. The lowest BCUT2D eigenvalue weighted by atomic mass is 10.2. The van der Waals surface area contributed by atoms with E-state index in [4.69, 9.17) is 0 Å². The van der Waals surface area contributed by atoms with Gasteiger partial charge in [0.2, 0.25) is 5.95 Å². The highest BCUT2D eigenvalue weighted by Gasteiger charge is 2.19. The third kappa shape index (κ3) is 1.63. The second-order valence-corrected chi connectivity index (χ2v) is 3.75. The summed E-state index contributed by atoms with van der Waals surface area (Å²) >= 11 is 0. The van der Waals surface area contributed by atoms with Gasteiger partial charge in [-0.25, -0.2) is 0 Å². The molecule has 0 amide bonds. The van der Waals surface area contributed by atoms with E-state index in [2.05, 4.69) is 26.2 Å². The average molecular weight is 216 g/mol. The van der Waals surface area contributed by atoms with Gasteiger partial charge in [0.05, 0.1) is 11.7 Å². The molecule has 82 valence electrons. The first-order valence-corrected chi connectivity index (χ1v) is 5.24. The predicted molar refractivity (Wildman–Crippen MR) is 59.4 cm³/mol. The molecule has 2 heterocycles. The molecule has 0 unspecified atom stereocenters. The van der Waals surface area contributed by atoms with Crippen LogP contribution in [0.2, 0.25) is 0 Å². The second kappa shape index (κ2) is 3.90. The minimum absolute atomic E-state index is 0.425. The Morgan fingerprint density at radius 3 is 2.75 bits per heavy atom. The van der Waals surface area contributed by atoms with E-state index in [9.17, 15) is 0 Å². The second-order valence-electron chi connectivity index (χ2n) is 3.75. The number of tetrazole rings is 1. The minimum atomic E-state index is 0.425. The average Bonchev–Trinajstić information content (AvgIpc) is 2.73. The van der Waals surface area contributed by atoms with Crippen LogP contribution in [-0.2, 0) is 0 Å². The van der Waals surface area contributed by atoms with E-state index in [1.54, 1.807) is 4.68 Å². The lowest BCUT2D eigenvalue weighted by molar-refractivity contribution is 0.468. The van der Waals surface area contributed by atoms with Gasteiger partial charge >= 0.3 is 0 Å². The zero-order valence-electron chi connectivity index (χ0n) is 8.67. The van der Waals surface area contributed by atoms with Crippen molar-refractivity contribution in [3.05, 3.63) is 30.3 Å². The first kappa shape index (κ1) is 9.29. The van der Waals surface area contributed by atoms with E-state index < -0.39 is 0 Å². The SMILES string of the molecule is c1ccc(-n2nnnc2NC2CNC2)cc1. The fourth-order valence-electron chi connectivity index (χ4n) is 1.59. The smallest absolute Gasteiger partial charge is 0.248 e. The van der Waals surface area contributed by atoms with Gasteiger partial charge in [0.15, 0.2) is 0 Å². The Balaban J connectivity index is 1.87. The monoisotopic (exact) mass is 216 g/mol. The van der Waals surface area contributed by atoms with Crippen molar-refractivity contribution in [3.63, 3.8) is 0 Å². The Morgan fingerprint density at radius 2 is 2.06 bits per heavy atom. The molecule has 2 aromatic rings. The Morgan fingerprint density at radius 1 is 1.25 bits per heavy atom. The van der Waals surface area contributed by atoms with Crippen LogP contribution in [0.25, 0.3) is 5.69 Å². The van der Waals surface area contributed by atoms with Crippen molar-refractivity contribution in [2.24, 2.45) is 0 Å². The standard InChI is InChI=1S/C10H12N6/c1-2-4-9(5-3-1)16-10(13-14-15-16)12-8-6-11-7-8/h1-5,8,11H,6-7H2,(H,12,13,15). The molecule has 1 aliphatic rings. The van der Waals surface area contributed by atoms with Crippen molar-refractivity contribution in [1.29, 1.82) is 0 Å². The summed E-state index contributed by atoms with van der Waals surface area (Å²) in [6.45, 7) is 1.92. The van der Waals surface area contributed by atoms with Gasteiger partial charge in [-0.1, -0.05) is 23.3 Å². The van der Waals surface area contributed by atoms with Gasteiger partial charge in [-0.05, 0) is 22.6 Å². The first-order chi connectivity index (χ1) is 7.93. The highest BCUT2D eigenvalue weighted by Crippen LogP contribution is 2.12. The summed E-state index contributed by atoms with van der Waals surface area (Å²) in [5.74, 6) is 0.692. The highest BCUT2D eigenvalue weighted by molar-refractivity contribution is 5.39. The molecule has 1 fully saturated rings. The van der Waals surface area contributed by atoms with E-state index in [-0.39, 0.29) is 0 Å². The summed E-state index contributed by atoms with van der Waals surface area (Å²) in [5, 5.41) is 18.1. The summed E-state index contributed by atoms with van der Waals surface area (Å²) in [7, 11) is 0. The van der Waals surface area contributed by atoms with Gasteiger partial charge < -0.3 is 10.6 Å². The lowest BCUT2D eigenvalue weighted by Gasteiger charge is -2.27. The van der Waals surface area contributed by atoms with Crippen LogP contribution < -0.4 is 10.6 Å². The molecule has 0 spiro atoms. The number of hydrogen-bond acceptors (Lipinski definition) is 5. The molecule has 1 saturated heterocycles. The normalized spacial score (nSPS) is 15.8. The summed E-state index contributed by atoms with van der Waals surface area (Å²) in [6.07, 6.45) is 0. The van der Waals surface area contributed by atoms with Crippen LogP contribution in [0, 0.1) is 0 Å². The van der Waals surface area contributed by atoms with Crippen molar-refractivity contribution >= 4 is 5.95 Å². The summed E-state index contributed by atoms with van der Waals surface area (Å²) < 4.78 is 1.71. The minimum Gasteiger partial charge on any atom is -0.347 e. The molecule has 0 atom stereocenters. The fraction of sp³-hybridized carbons (Fsp3) is 0.300. The van der Waals surface area contributed by atoms with E-state index in [1.807, 2.05) is 30.3 Å². The summed E-state index contributed by atoms with van der Waals surface area (Å²) in [5.41, 5.74) is 0.960. The zero-order valence-corrected chi connectivity index (χ0v) is 8.67. The van der Waals surface area contributed by atoms with Gasteiger partial charge in [0, 0.05) is 13.1 Å². The third-order valence-corrected chi connectivity index (χ3v) is 2.58. The van der Waals surface area contributed by atoms with Crippen LogP contribution in [0.15, 0.2) is 30.3 Å². The molecule has 2 N–H and O–H groups in total. The van der Waals surface area contributed by atoms with Gasteiger partial charge in [-0.3, -0.25) is 0 Å². The van der Waals surface area contributed by atoms with Crippen LogP contribution in [0.3, 0.4) is 0 Å². The number of hydrogen-bond donors (Lipinski definition) is 2. The molecule has 0 bridgehead atoms. The molecule has 6 heteroatoms. The molecular formula is C10H12N6. The maximum absolute atomic E-state index is 3.98. The van der Waals surface area contributed by atoms with Gasteiger partial charge in [0.25, 0.3) is 0 Å². The van der Waals surface area contributed by atoms with Crippen LogP contribution in [0.5, 0.6) is 0 Å². The van der Waals surface area contributed by atoms with Crippen LogP contribution in [0.1, 0.15) is 0 Å².